The summed E-state index contributed by atoms with van der Waals surface area (Å²) >= 11 is 11.4. The van der Waals surface area contributed by atoms with Gasteiger partial charge in [0, 0.05) is 16.4 Å². The maximum absolute atomic E-state index is 13.7. The highest BCUT2D eigenvalue weighted by Crippen LogP contribution is 2.32. The van der Waals surface area contributed by atoms with Crippen LogP contribution in [0.2, 0.25) is 5.02 Å². The Labute approximate surface area is 200 Å². The van der Waals surface area contributed by atoms with E-state index in [1.165, 1.54) is 24.3 Å². The first-order valence-electron chi connectivity index (χ1n) is 9.91. The number of nitrogens with one attached hydrogen (secondary N) is 1. The number of ether oxygens (including phenoxy) is 1. The molecule has 3 aromatic rings. The molecule has 168 valence electrons. The van der Waals surface area contributed by atoms with Gasteiger partial charge in [-0.15, -0.1) is 0 Å². The summed E-state index contributed by atoms with van der Waals surface area (Å²) in [5.41, 5.74) is 3.11. The lowest BCUT2D eigenvalue weighted by Gasteiger charge is -2.28. The smallest absolute Gasteiger partial charge is 0.270 e. The van der Waals surface area contributed by atoms with Gasteiger partial charge < -0.3 is 9.30 Å². The number of carbonyl (C=O) groups excluding carboxylic acids is 2. The quantitative estimate of drug-likeness (QED) is 0.331. The fourth-order valence-corrected chi connectivity index (χ4v) is 4.25. The topological polar surface area (TPSA) is 63.6 Å². The predicted molar refractivity (Wildman–Crippen MR) is 129 cm³/mol. The molecule has 0 saturated carbocycles. The highest BCUT2D eigenvalue weighted by Gasteiger charge is 2.35. The predicted octanol–water partition coefficient (Wildman–Crippen LogP) is 4.73. The molecule has 1 aliphatic rings. The van der Waals surface area contributed by atoms with Crippen molar-refractivity contribution >= 4 is 52.5 Å². The molecule has 4 rings (SSSR count). The molecule has 0 bridgehead atoms. The van der Waals surface area contributed by atoms with Gasteiger partial charge in [-0.2, -0.15) is 0 Å². The fourth-order valence-electron chi connectivity index (χ4n) is 3.80. The van der Waals surface area contributed by atoms with E-state index in [4.69, 9.17) is 28.6 Å². The van der Waals surface area contributed by atoms with Crippen LogP contribution in [0.15, 0.2) is 54.1 Å². The average Bonchev–Trinajstić information content (AvgIpc) is 3.03. The van der Waals surface area contributed by atoms with E-state index in [9.17, 15) is 14.0 Å². The number of hydrogen-bond acceptors (Lipinski definition) is 4. The molecule has 2 amide bonds. The van der Waals surface area contributed by atoms with Gasteiger partial charge in [-0.25, -0.2) is 4.39 Å². The number of carbonyl (C=O) groups is 2. The zero-order chi connectivity index (χ0) is 23.9. The minimum atomic E-state index is -0.639. The van der Waals surface area contributed by atoms with Crippen molar-refractivity contribution < 1.29 is 18.7 Å². The molecular formula is C24H19ClFN3O3S. The number of thiocarbonyl (C=S) groups is 1. The first-order valence-corrected chi connectivity index (χ1v) is 10.7. The first-order chi connectivity index (χ1) is 15.7. The highest BCUT2D eigenvalue weighted by atomic mass is 35.5. The Morgan fingerprint density at radius 1 is 1.12 bits per heavy atom. The van der Waals surface area contributed by atoms with Crippen LogP contribution in [0.1, 0.15) is 17.0 Å². The summed E-state index contributed by atoms with van der Waals surface area (Å²) in [6, 6.07) is 12.6. The van der Waals surface area contributed by atoms with Crippen LogP contribution in [0, 0.1) is 19.7 Å². The summed E-state index contributed by atoms with van der Waals surface area (Å²) in [4.78, 5) is 27.0. The molecule has 0 radical (unpaired) electrons. The summed E-state index contributed by atoms with van der Waals surface area (Å²) in [5.74, 6) is -1.17. The number of anilines is 1. The van der Waals surface area contributed by atoms with E-state index in [0.717, 1.165) is 22.0 Å². The SMILES string of the molecule is COc1ccc(Cl)cc1-n1c(C)cc(C=C2C(=O)NC(=S)N(c3cccc(F)c3)C2=O)c1C. The second-order valence-electron chi connectivity index (χ2n) is 7.42. The fraction of sp³-hybridized carbons (Fsp3) is 0.125. The van der Waals surface area contributed by atoms with Gasteiger partial charge in [-0.3, -0.25) is 19.8 Å². The Kier molecular flexibility index (Phi) is 6.05. The molecule has 1 aliphatic heterocycles. The third-order valence-electron chi connectivity index (χ3n) is 5.32. The van der Waals surface area contributed by atoms with Gasteiger partial charge in [0.2, 0.25) is 0 Å². The average molecular weight is 484 g/mol. The normalized spacial score (nSPS) is 15.2. The summed E-state index contributed by atoms with van der Waals surface area (Å²) in [6.45, 7) is 3.76. The second-order valence-corrected chi connectivity index (χ2v) is 8.24. The summed E-state index contributed by atoms with van der Waals surface area (Å²) in [6.07, 6.45) is 1.50. The number of nitrogens with zero attached hydrogens (tertiary/aromatic N) is 2. The van der Waals surface area contributed by atoms with Gasteiger partial charge in [-0.05, 0) is 80.2 Å². The number of aryl methyl sites for hydroxylation is 1. The van der Waals surface area contributed by atoms with E-state index in [2.05, 4.69) is 5.32 Å². The van der Waals surface area contributed by atoms with Gasteiger partial charge in [0.1, 0.15) is 17.1 Å². The number of hydrogen-bond donors (Lipinski definition) is 1. The zero-order valence-electron chi connectivity index (χ0n) is 18.0. The molecule has 9 heteroatoms. The van der Waals surface area contributed by atoms with Crippen LogP contribution in [0.25, 0.3) is 11.8 Å². The van der Waals surface area contributed by atoms with Crippen molar-refractivity contribution in [1.29, 1.82) is 0 Å². The molecule has 1 aromatic heterocycles. The molecular weight excluding hydrogens is 465 g/mol. The van der Waals surface area contributed by atoms with E-state index >= 15 is 0 Å². The van der Waals surface area contributed by atoms with Crippen LogP contribution in [0.5, 0.6) is 5.75 Å². The van der Waals surface area contributed by atoms with E-state index in [1.807, 2.05) is 24.5 Å². The van der Waals surface area contributed by atoms with E-state index < -0.39 is 17.6 Å². The van der Waals surface area contributed by atoms with Crippen LogP contribution in [-0.4, -0.2) is 28.6 Å². The molecule has 0 spiro atoms. The third kappa shape index (κ3) is 4.15. The summed E-state index contributed by atoms with van der Waals surface area (Å²) < 4.78 is 21.1. The second kappa shape index (κ2) is 8.80. The maximum atomic E-state index is 13.7. The lowest BCUT2D eigenvalue weighted by Crippen LogP contribution is -2.54. The Balaban J connectivity index is 1.80. The van der Waals surface area contributed by atoms with Crippen molar-refractivity contribution in [3.05, 3.63) is 81.9 Å². The van der Waals surface area contributed by atoms with Gasteiger partial charge in [0.05, 0.1) is 18.5 Å². The van der Waals surface area contributed by atoms with E-state index in [1.54, 1.807) is 31.4 Å². The molecule has 1 saturated heterocycles. The Morgan fingerprint density at radius 3 is 2.58 bits per heavy atom. The Morgan fingerprint density at radius 2 is 1.88 bits per heavy atom. The molecule has 0 atom stereocenters. The van der Waals surface area contributed by atoms with Crippen molar-refractivity contribution in [2.24, 2.45) is 0 Å². The number of methoxy groups -OCH3 is 1. The maximum Gasteiger partial charge on any atom is 0.270 e. The molecule has 0 aliphatic carbocycles. The summed E-state index contributed by atoms with van der Waals surface area (Å²) in [7, 11) is 1.57. The van der Waals surface area contributed by atoms with Crippen molar-refractivity contribution in [2.45, 2.75) is 13.8 Å². The minimum Gasteiger partial charge on any atom is -0.495 e. The van der Waals surface area contributed by atoms with Crippen LogP contribution < -0.4 is 15.0 Å². The molecule has 2 aromatic carbocycles. The monoisotopic (exact) mass is 483 g/mol. The Bertz CT molecular complexity index is 1350. The standard InChI is InChI=1S/C24H19ClFN3O3S/c1-13-9-15(14(2)28(13)20-11-16(25)7-8-21(20)32-3)10-19-22(30)27-24(33)29(23(19)31)18-6-4-5-17(26)12-18/h4-12H,1-3H3,(H,27,30,33). The highest BCUT2D eigenvalue weighted by molar-refractivity contribution is 7.80. The van der Waals surface area contributed by atoms with E-state index in [-0.39, 0.29) is 16.4 Å². The van der Waals surface area contributed by atoms with Crippen molar-refractivity contribution in [2.75, 3.05) is 12.0 Å². The van der Waals surface area contributed by atoms with Gasteiger partial charge >= 0.3 is 0 Å². The lowest BCUT2D eigenvalue weighted by molar-refractivity contribution is -0.122. The van der Waals surface area contributed by atoms with Gasteiger partial charge in [0.25, 0.3) is 11.8 Å². The molecule has 6 nitrogen and oxygen atoms in total. The summed E-state index contributed by atoms with van der Waals surface area (Å²) in [5, 5.41) is 2.94. The number of amides is 2. The van der Waals surface area contributed by atoms with Crippen molar-refractivity contribution in [3.63, 3.8) is 0 Å². The van der Waals surface area contributed by atoms with Crippen LogP contribution in [0.4, 0.5) is 10.1 Å². The molecule has 0 unspecified atom stereocenters. The molecule has 33 heavy (non-hydrogen) atoms. The molecule has 2 heterocycles. The molecule has 1 N–H and O–H groups in total. The van der Waals surface area contributed by atoms with Crippen molar-refractivity contribution in [1.82, 2.24) is 9.88 Å². The van der Waals surface area contributed by atoms with Gasteiger partial charge in [-0.1, -0.05) is 17.7 Å². The lowest BCUT2D eigenvalue weighted by atomic mass is 10.1. The van der Waals surface area contributed by atoms with Gasteiger partial charge in [0.15, 0.2) is 5.11 Å². The number of rotatable bonds is 4. The molecule has 1 fully saturated rings. The van der Waals surface area contributed by atoms with E-state index in [0.29, 0.717) is 16.3 Å². The largest absolute Gasteiger partial charge is 0.495 e. The third-order valence-corrected chi connectivity index (χ3v) is 5.84. The Hall–Kier alpha value is -3.49. The van der Waals surface area contributed by atoms with Crippen molar-refractivity contribution in [3.8, 4) is 11.4 Å². The zero-order valence-corrected chi connectivity index (χ0v) is 19.6. The number of halogens is 2. The first kappa shape index (κ1) is 22.7. The minimum absolute atomic E-state index is 0.109. The number of benzene rings is 2. The number of aromatic nitrogens is 1. The van der Waals surface area contributed by atoms with Crippen LogP contribution in [0.3, 0.4) is 0 Å². The van der Waals surface area contributed by atoms with Crippen LogP contribution >= 0.6 is 23.8 Å². The van der Waals surface area contributed by atoms with Crippen LogP contribution in [-0.2, 0) is 9.59 Å².